The van der Waals surface area contributed by atoms with Crippen LogP contribution < -0.4 is 11.1 Å². The fourth-order valence-corrected chi connectivity index (χ4v) is 1.45. The molecule has 88 valence electrons. The van der Waals surface area contributed by atoms with Crippen LogP contribution in [0, 0.1) is 17.6 Å². The molecule has 0 aliphatic carbocycles. The number of amides is 1. The zero-order valence-corrected chi connectivity index (χ0v) is 8.97. The maximum atomic E-state index is 13.3. The molecule has 16 heavy (non-hydrogen) atoms. The van der Waals surface area contributed by atoms with Crippen LogP contribution >= 0.6 is 0 Å². The van der Waals surface area contributed by atoms with Crippen molar-refractivity contribution in [2.24, 2.45) is 11.7 Å². The molecule has 0 fully saturated rings. The lowest BCUT2D eigenvalue weighted by atomic mass is 9.98. The molecule has 0 radical (unpaired) electrons. The van der Waals surface area contributed by atoms with Crippen molar-refractivity contribution in [1.29, 1.82) is 0 Å². The van der Waals surface area contributed by atoms with Gasteiger partial charge in [0.15, 0.2) is 0 Å². The zero-order chi connectivity index (χ0) is 12.1. The summed E-state index contributed by atoms with van der Waals surface area (Å²) in [6.07, 6.45) is 0.0970. The minimum Gasteiger partial charge on any atom is -0.359 e. The zero-order valence-electron chi connectivity index (χ0n) is 8.97. The Bertz CT molecular complexity index is 382. The Morgan fingerprint density at radius 2 is 2.19 bits per heavy atom. The maximum Gasteiger partial charge on any atom is 0.224 e. The van der Waals surface area contributed by atoms with E-state index < -0.39 is 17.6 Å². The molecular formula is C11H14F2N2O. The second-order valence-electron chi connectivity index (χ2n) is 3.49. The fourth-order valence-electron chi connectivity index (χ4n) is 1.45. The Balaban J connectivity index is 2.85. The van der Waals surface area contributed by atoms with Gasteiger partial charge in [-0.15, -0.1) is 0 Å². The highest BCUT2D eigenvalue weighted by molar-refractivity contribution is 5.78. The van der Waals surface area contributed by atoms with E-state index in [0.29, 0.717) is 0 Å². The van der Waals surface area contributed by atoms with E-state index in [1.165, 1.54) is 7.05 Å². The number of nitrogens with two attached hydrogens (primary N) is 1. The van der Waals surface area contributed by atoms with E-state index in [2.05, 4.69) is 5.32 Å². The highest BCUT2D eigenvalue weighted by atomic mass is 19.1. The van der Waals surface area contributed by atoms with Crippen LogP contribution in [-0.4, -0.2) is 19.5 Å². The summed E-state index contributed by atoms with van der Waals surface area (Å²) in [6, 6.07) is 3.17. The number of hydrogen-bond donors (Lipinski definition) is 2. The average molecular weight is 228 g/mol. The topological polar surface area (TPSA) is 55.1 Å². The van der Waals surface area contributed by atoms with Crippen LogP contribution in [0.1, 0.15) is 5.56 Å². The first-order valence-electron chi connectivity index (χ1n) is 4.94. The van der Waals surface area contributed by atoms with Gasteiger partial charge in [-0.25, -0.2) is 8.78 Å². The molecule has 1 aromatic rings. The van der Waals surface area contributed by atoms with Gasteiger partial charge in [0, 0.05) is 13.6 Å². The quantitative estimate of drug-likeness (QED) is 0.802. The van der Waals surface area contributed by atoms with Gasteiger partial charge in [-0.05, 0) is 30.2 Å². The summed E-state index contributed by atoms with van der Waals surface area (Å²) in [5.74, 6) is -1.86. The van der Waals surface area contributed by atoms with E-state index >= 15 is 0 Å². The molecule has 1 unspecified atom stereocenters. The van der Waals surface area contributed by atoms with E-state index in [9.17, 15) is 13.6 Å². The van der Waals surface area contributed by atoms with Gasteiger partial charge in [0.25, 0.3) is 0 Å². The van der Waals surface area contributed by atoms with Crippen molar-refractivity contribution in [1.82, 2.24) is 5.32 Å². The third-order valence-electron chi connectivity index (χ3n) is 2.38. The highest BCUT2D eigenvalue weighted by Gasteiger charge is 2.18. The number of rotatable bonds is 4. The molecule has 0 aliphatic rings. The number of carbonyl (C=O) groups excluding carboxylic acids is 1. The van der Waals surface area contributed by atoms with Crippen LogP contribution in [0.3, 0.4) is 0 Å². The summed E-state index contributed by atoms with van der Waals surface area (Å²) in [5, 5.41) is 2.44. The summed E-state index contributed by atoms with van der Waals surface area (Å²) in [4.78, 5) is 11.3. The molecule has 1 atom stereocenters. The van der Waals surface area contributed by atoms with Crippen LogP contribution in [0.4, 0.5) is 8.78 Å². The van der Waals surface area contributed by atoms with E-state index in [-0.39, 0.29) is 24.4 Å². The number of halogens is 2. The monoisotopic (exact) mass is 228 g/mol. The van der Waals surface area contributed by atoms with Gasteiger partial charge in [0.1, 0.15) is 11.6 Å². The van der Waals surface area contributed by atoms with E-state index in [4.69, 9.17) is 5.73 Å². The SMILES string of the molecule is CNC(=O)C(CN)Cc1cc(F)ccc1F. The molecule has 1 rings (SSSR count). The minimum atomic E-state index is -0.540. The van der Waals surface area contributed by atoms with Crippen molar-refractivity contribution in [3.05, 3.63) is 35.4 Å². The summed E-state index contributed by atoms with van der Waals surface area (Å²) in [5.41, 5.74) is 5.57. The van der Waals surface area contributed by atoms with Gasteiger partial charge >= 0.3 is 0 Å². The van der Waals surface area contributed by atoms with Crippen molar-refractivity contribution in [2.75, 3.05) is 13.6 Å². The second-order valence-corrected chi connectivity index (χ2v) is 3.49. The molecule has 3 N–H and O–H groups in total. The molecule has 0 heterocycles. The van der Waals surface area contributed by atoms with E-state index in [1.807, 2.05) is 0 Å². The average Bonchev–Trinajstić information content (AvgIpc) is 2.29. The molecule has 0 saturated heterocycles. The van der Waals surface area contributed by atoms with Crippen LogP contribution in [0.5, 0.6) is 0 Å². The molecule has 0 bridgehead atoms. The lowest BCUT2D eigenvalue weighted by Gasteiger charge is -2.13. The maximum absolute atomic E-state index is 13.3. The molecule has 0 saturated carbocycles. The summed E-state index contributed by atoms with van der Waals surface area (Å²) in [7, 11) is 1.48. The Labute approximate surface area is 92.6 Å². The third-order valence-corrected chi connectivity index (χ3v) is 2.38. The minimum absolute atomic E-state index is 0.0929. The van der Waals surface area contributed by atoms with Crippen molar-refractivity contribution >= 4 is 5.91 Å². The molecule has 0 aliphatic heterocycles. The van der Waals surface area contributed by atoms with Crippen molar-refractivity contribution in [3.8, 4) is 0 Å². The number of carbonyl (C=O) groups is 1. The number of hydrogen-bond acceptors (Lipinski definition) is 2. The van der Waals surface area contributed by atoms with Crippen molar-refractivity contribution < 1.29 is 13.6 Å². The predicted octanol–water partition coefficient (Wildman–Crippen LogP) is 0.828. The number of benzene rings is 1. The van der Waals surface area contributed by atoms with Gasteiger partial charge in [-0.1, -0.05) is 0 Å². The largest absolute Gasteiger partial charge is 0.359 e. The Morgan fingerprint density at radius 3 is 2.75 bits per heavy atom. The molecule has 0 aromatic heterocycles. The lowest BCUT2D eigenvalue weighted by molar-refractivity contribution is -0.124. The summed E-state index contributed by atoms with van der Waals surface area (Å²) >= 11 is 0. The van der Waals surface area contributed by atoms with Crippen LogP contribution in [0.15, 0.2) is 18.2 Å². The van der Waals surface area contributed by atoms with Crippen LogP contribution in [-0.2, 0) is 11.2 Å². The second kappa shape index (κ2) is 5.55. The smallest absolute Gasteiger partial charge is 0.224 e. The predicted molar refractivity (Wildman–Crippen MR) is 56.7 cm³/mol. The van der Waals surface area contributed by atoms with Crippen molar-refractivity contribution in [2.45, 2.75) is 6.42 Å². The first kappa shape index (κ1) is 12.6. The van der Waals surface area contributed by atoms with Gasteiger partial charge in [0.2, 0.25) is 5.91 Å². The molecule has 1 amide bonds. The third kappa shape index (κ3) is 3.00. The first-order valence-corrected chi connectivity index (χ1v) is 4.94. The Kier molecular flexibility index (Phi) is 4.37. The molecule has 3 nitrogen and oxygen atoms in total. The van der Waals surface area contributed by atoms with Crippen molar-refractivity contribution in [3.63, 3.8) is 0 Å². The molecule has 1 aromatic carbocycles. The summed E-state index contributed by atoms with van der Waals surface area (Å²) < 4.78 is 26.2. The molecule has 5 heteroatoms. The summed E-state index contributed by atoms with van der Waals surface area (Å²) in [6.45, 7) is 0.0929. The first-order chi connectivity index (χ1) is 7.58. The van der Waals surface area contributed by atoms with E-state index in [1.54, 1.807) is 0 Å². The highest BCUT2D eigenvalue weighted by Crippen LogP contribution is 2.14. The van der Waals surface area contributed by atoms with Crippen LogP contribution in [0.25, 0.3) is 0 Å². The Morgan fingerprint density at radius 1 is 1.50 bits per heavy atom. The molecule has 0 spiro atoms. The fraction of sp³-hybridized carbons (Fsp3) is 0.364. The van der Waals surface area contributed by atoms with Crippen LogP contribution in [0.2, 0.25) is 0 Å². The van der Waals surface area contributed by atoms with Gasteiger partial charge < -0.3 is 11.1 Å². The van der Waals surface area contributed by atoms with Gasteiger partial charge in [-0.2, -0.15) is 0 Å². The van der Waals surface area contributed by atoms with Gasteiger partial charge in [-0.3, -0.25) is 4.79 Å². The van der Waals surface area contributed by atoms with E-state index in [0.717, 1.165) is 18.2 Å². The molecular weight excluding hydrogens is 214 g/mol. The standard InChI is InChI=1S/C11H14F2N2O/c1-15-11(16)8(6-14)4-7-5-9(12)2-3-10(7)13/h2-3,5,8H,4,6,14H2,1H3,(H,15,16). The normalized spacial score (nSPS) is 12.2. The van der Waals surface area contributed by atoms with Gasteiger partial charge in [0.05, 0.1) is 5.92 Å². The Hall–Kier alpha value is -1.49. The number of nitrogens with one attached hydrogen (secondary N) is 1. The lowest BCUT2D eigenvalue weighted by Crippen LogP contribution is -2.34.